The van der Waals surface area contributed by atoms with E-state index in [1.807, 2.05) is 11.0 Å². The number of carbonyl (C=O) groups is 2. The topological polar surface area (TPSA) is 102 Å². The van der Waals surface area contributed by atoms with Crippen LogP contribution in [0.1, 0.15) is 23.2 Å². The fourth-order valence-electron chi connectivity index (χ4n) is 2.96. The van der Waals surface area contributed by atoms with Crippen LogP contribution in [0, 0.1) is 10.1 Å². The molecule has 1 aliphatic heterocycles. The molecule has 1 aliphatic rings. The molecule has 0 radical (unpaired) electrons. The molecule has 8 nitrogen and oxygen atoms in total. The average molecular weight is 369 g/mol. The lowest BCUT2D eigenvalue weighted by Gasteiger charge is -2.20. The first-order valence-corrected chi connectivity index (χ1v) is 8.60. The van der Waals surface area contributed by atoms with Crippen LogP contribution in [0.3, 0.4) is 0 Å². The van der Waals surface area contributed by atoms with Crippen LogP contribution in [0.15, 0.2) is 48.5 Å². The van der Waals surface area contributed by atoms with E-state index in [9.17, 15) is 19.7 Å². The third-order valence-electron chi connectivity index (χ3n) is 4.25. The van der Waals surface area contributed by atoms with Gasteiger partial charge < -0.3 is 15.0 Å². The summed E-state index contributed by atoms with van der Waals surface area (Å²) in [7, 11) is 0. The SMILES string of the molecule is O=C(COC(=O)c1cc([N+](=O)[O-])ccc1N1CCCC1)Nc1ccccc1. The standard InChI is InChI=1S/C19H19N3O5/c23-18(20-14-6-2-1-3-7-14)13-27-19(24)16-12-15(22(25)26)8-9-17(16)21-10-4-5-11-21/h1-3,6-9,12H,4-5,10-11,13H2,(H,20,23). The minimum atomic E-state index is -0.760. The van der Waals surface area contributed by atoms with E-state index in [1.165, 1.54) is 12.1 Å². The van der Waals surface area contributed by atoms with Gasteiger partial charge in [0.15, 0.2) is 6.61 Å². The Morgan fingerprint density at radius 3 is 2.48 bits per heavy atom. The molecular formula is C19H19N3O5. The lowest BCUT2D eigenvalue weighted by molar-refractivity contribution is -0.384. The maximum absolute atomic E-state index is 12.5. The number of ether oxygens (including phenoxy) is 1. The molecule has 0 aliphatic carbocycles. The van der Waals surface area contributed by atoms with Crippen molar-refractivity contribution in [2.75, 3.05) is 29.9 Å². The Morgan fingerprint density at radius 2 is 1.81 bits per heavy atom. The molecule has 27 heavy (non-hydrogen) atoms. The number of amides is 1. The second-order valence-electron chi connectivity index (χ2n) is 6.14. The van der Waals surface area contributed by atoms with Gasteiger partial charge in [0.25, 0.3) is 11.6 Å². The third-order valence-corrected chi connectivity index (χ3v) is 4.25. The van der Waals surface area contributed by atoms with Crippen LogP contribution in [0.2, 0.25) is 0 Å². The van der Waals surface area contributed by atoms with Gasteiger partial charge in [-0.1, -0.05) is 18.2 Å². The van der Waals surface area contributed by atoms with Crippen molar-refractivity contribution < 1.29 is 19.2 Å². The number of hydrogen-bond acceptors (Lipinski definition) is 6. The molecule has 1 N–H and O–H groups in total. The molecule has 0 spiro atoms. The van der Waals surface area contributed by atoms with Crippen molar-refractivity contribution in [3.05, 3.63) is 64.2 Å². The van der Waals surface area contributed by atoms with Crippen molar-refractivity contribution in [2.45, 2.75) is 12.8 Å². The van der Waals surface area contributed by atoms with Gasteiger partial charge in [0, 0.05) is 30.9 Å². The van der Waals surface area contributed by atoms with Gasteiger partial charge in [0.1, 0.15) is 0 Å². The second-order valence-corrected chi connectivity index (χ2v) is 6.14. The van der Waals surface area contributed by atoms with Gasteiger partial charge in [0.05, 0.1) is 16.2 Å². The summed E-state index contributed by atoms with van der Waals surface area (Å²) < 4.78 is 5.10. The number of nitro benzene ring substituents is 1. The van der Waals surface area contributed by atoms with Crippen LogP contribution in [0.4, 0.5) is 17.1 Å². The fraction of sp³-hybridized carbons (Fsp3) is 0.263. The first-order valence-electron chi connectivity index (χ1n) is 8.60. The predicted molar refractivity (Wildman–Crippen MR) is 99.9 cm³/mol. The number of nitrogens with zero attached hydrogens (tertiary/aromatic N) is 2. The molecule has 8 heteroatoms. The van der Waals surface area contributed by atoms with Gasteiger partial charge in [-0.2, -0.15) is 0 Å². The number of rotatable bonds is 6. The van der Waals surface area contributed by atoms with E-state index in [2.05, 4.69) is 5.32 Å². The number of para-hydroxylation sites is 1. The lowest BCUT2D eigenvalue weighted by Crippen LogP contribution is -2.24. The van der Waals surface area contributed by atoms with Gasteiger partial charge in [-0.3, -0.25) is 14.9 Å². The summed E-state index contributed by atoms with van der Waals surface area (Å²) in [5.74, 6) is -1.24. The van der Waals surface area contributed by atoms with Crippen LogP contribution < -0.4 is 10.2 Å². The molecule has 0 aromatic heterocycles. The van der Waals surface area contributed by atoms with E-state index in [0.29, 0.717) is 11.4 Å². The van der Waals surface area contributed by atoms with E-state index in [1.54, 1.807) is 30.3 Å². The molecule has 0 bridgehead atoms. The van der Waals surface area contributed by atoms with E-state index in [4.69, 9.17) is 4.74 Å². The van der Waals surface area contributed by atoms with Crippen molar-refractivity contribution in [2.24, 2.45) is 0 Å². The Balaban J connectivity index is 1.71. The Bertz CT molecular complexity index is 848. The van der Waals surface area contributed by atoms with E-state index < -0.39 is 23.4 Å². The Labute approximate surface area is 155 Å². The molecule has 140 valence electrons. The van der Waals surface area contributed by atoms with E-state index in [-0.39, 0.29) is 11.3 Å². The maximum atomic E-state index is 12.5. The van der Waals surface area contributed by atoms with Crippen molar-refractivity contribution >= 4 is 28.9 Å². The van der Waals surface area contributed by atoms with E-state index >= 15 is 0 Å². The summed E-state index contributed by atoms with van der Waals surface area (Å²) in [5.41, 5.74) is 1.08. The average Bonchev–Trinajstić information content (AvgIpc) is 3.21. The molecule has 2 aromatic rings. The minimum Gasteiger partial charge on any atom is -0.452 e. The monoisotopic (exact) mass is 369 g/mol. The highest BCUT2D eigenvalue weighted by Crippen LogP contribution is 2.29. The largest absolute Gasteiger partial charge is 0.452 e. The van der Waals surface area contributed by atoms with Crippen LogP contribution in [-0.2, 0) is 9.53 Å². The summed E-state index contributed by atoms with van der Waals surface area (Å²) in [6, 6.07) is 12.9. The van der Waals surface area contributed by atoms with Gasteiger partial charge in [-0.15, -0.1) is 0 Å². The maximum Gasteiger partial charge on any atom is 0.341 e. The summed E-state index contributed by atoms with van der Waals surface area (Å²) in [5, 5.41) is 13.7. The van der Waals surface area contributed by atoms with Gasteiger partial charge in [-0.25, -0.2) is 4.79 Å². The lowest BCUT2D eigenvalue weighted by atomic mass is 10.1. The summed E-state index contributed by atoms with van der Waals surface area (Å²) in [6.07, 6.45) is 1.98. The van der Waals surface area contributed by atoms with E-state index in [0.717, 1.165) is 25.9 Å². The molecule has 1 amide bonds. The summed E-state index contributed by atoms with van der Waals surface area (Å²) >= 11 is 0. The van der Waals surface area contributed by atoms with Crippen molar-refractivity contribution in [3.8, 4) is 0 Å². The smallest absolute Gasteiger partial charge is 0.341 e. The van der Waals surface area contributed by atoms with Gasteiger partial charge >= 0.3 is 5.97 Å². The van der Waals surface area contributed by atoms with Crippen molar-refractivity contribution in [1.29, 1.82) is 0 Å². The number of nitro groups is 1. The molecule has 1 saturated heterocycles. The Kier molecular flexibility index (Phi) is 5.65. The molecular weight excluding hydrogens is 350 g/mol. The number of non-ortho nitro benzene ring substituents is 1. The van der Waals surface area contributed by atoms with Crippen molar-refractivity contribution in [3.63, 3.8) is 0 Å². The van der Waals surface area contributed by atoms with Gasteiger partial charge in [-0.05, 0) is 31.0 Å². The number of carbonyl (C=O) groups excluding carboxylic acids is 2. The third kappa shape index (κ3) is 4.60. The first kappa shape index (κ1) is 18.4. The second kappa shape index (κ2) is 8.31. The number of nitrogens with one attached hydrogen (secondary N) is 1. The zero-order valence-corrected chi connectivity index (χ0v) is 14.6. The Hall–Kier alpha value is -3.42. The number of hydrogen-bond donors (Lipinski definition) is 1. The Morgan fingerprint density at radius 1 is 1.11 bits per heavy atom. The van der Waals surface area contributed by atoms with Crippen LogP contribution >= 0.6 is 0 Å². The quantitative estimate of drug-likeness (QED) is 0.477. The summed E-state index contributed by atoms with van der Waals surface area (Å²) in [4.78, 5) is 36.9. The first-order chi connectivity index (χ1) is 13.0. The van der Waals surface area contributed by atoms with Crippen LogP contribution in [0.25, 0.3) is 0 Å². The highest BCUT2D eigenvalue weighted by Gasteiger charge is 2.24. The predicted octanol–water partition coefficient (Wildman–Crippen LogP) is 2.99. The number of esters is 1. The fourth-order valence-corrected chi connectivity index (χ4v) is 2.96. The molecule has 2 aromatic carbocycles. The van der Waals surface area contributed by atoms with Gasteiger partial charge in [0.2, 0.25) is 0 Å². The normalized spacial score (nSPS) is 13.3. The van der Waals surface area contributed by atoms with Crippen molar-refractivity contribution in [1.82, 2.24) is 0 Å². The molecule has 3 rings (SSSR count). The highest BCUT2D eigenvalue weighted by molar-refractivity contribution is 5.99. The number of benzene rings is 2. The molecule has 1 heterocycles. The minimum absolute atomic E-state index is 0.0959. The molecule has 0 unspecified atom stereocenters. The highest BCUT2D eigenvalue weighted by atomic mass is 16.6. The zero-order chi connectivity index (χ0) is 19.2. The molecule has 1 fully saturated rings. The number of anilines is 2. The van der Waals surface area contributed by atoms with Crippen LogP contribution in [0.5, 0.6) is 0 Å². The summed E-state index contributed by atoms with van der Waals surface area (Å²) in [6.45, 7) is 1.06. The molecule has 0 atom stereocenters. The zero-order valence-electron chi connectivity index (χ0n) is 14.6. The van der Waals surface area contributed by atoms with Crippen LogP contribution in [-0.4, -0.2) is 36.5 Å². The molecule has 0 saturated carbocycles.